The number of hydrogen-bond acceptors (Lipinski definition) is 5. The van der Waals surface area contributed by atoms with Crippen LogP contribution in [0, 0.1) is 12.3 Å². The Balaban J connectivity index is 1.86. The molecule has 1 atom stereocenters. The highest BCUT2D eigenvalue weighted by molar-refractivity contribution is 6.02. The van der Waals surface area contributed by atoms with Gasteiger partial charge >= 0.3 is 5.97 Å². The molecule has 1 amide bonds. The maximum absolute atomic E-state index is 12.6. The van der Waals surface area contributed by atoms with E-state index in [1.54, 1.807) is 16.9 Å². The maximum Gasteiger partial charge on any atom is 0.339 e. The van der Waals surface area contributed by atoms with Gasteiger partial charge in [-0.2, -0.15) is 5.10 Å². The summed E-state index contributed by atoms with van der Waals surface area (Å²) in [6.07, 6.45) is 2.02. The zero-order valence-electron chi connectivity index (χ0n) is 14.4. The number of carbonyl (C=O) groups excluding carboxylic acids is 2. The van der Waals surface area contributed by atoms with Crippen molar-refractivity contribution in [2.75, 3.05) is 13.2 Å². The van der Waals surface area contributed by atoms with Crippen molar-refractivity contribution < 1.29 is 14.3 Å². The molecule has 2 aromatic heterocycles. The van der Waals surface area contributed by atoms with Crippen molar-refractivity contribution in [3.05, 3.63) is 23.5 Å². The number of aryl methyl sites for hydroxylation is 1. The van der Waals surface area contributed by atoms with Gasteiger partial charge in [0.2, 0.25) is 5.91 Å². The highest BCUT2D eigenvalue weighted by Crippen LogP contribution is 2.27. The molecule has 0 bridgehead atoms. The molecule has 7 nitrogen and oxygen atoms in total. The molecule has 0 radical (unpaired) electrons. The summed E-state index contributed by atoms with van der Waals surface area (Å²) < 4.78 is 7.29. The van der Waals surface area contributed by atoms with Crippen molar-refractivity contribution >= 4 is 22.9 Å². The molecule has 1 aliphatic heterocycles. The third kappa shape index (κ3) is 2.98. The van der Waals surface area contributed by atoms with Crippen molar-refractivity contribution in [1.82, 2.24) is 20.1 Å². The van der Waals surface area contributed by atoms with E-state index in [1.807, 2.05) is 27.7 Å². The van der Waals surface area contributed by atoms with Crippen molar-refractivity contribution in [3.63, 3.8) is 0 Å². The summed E-state index contributed by atoms with van der Waals surface area (Å²) in [5.74, 6) is -0.414. The van der Waals surface area contributed by atoms with Crippen LogP contribution in [0.5, 0.6) is 0 Å². The van der Waals surface area contributed by atoms with Crippen LogP contribution in [0.15, 0.2) is 12.3 Å². The number of nitrogens with zero attached hydrogens (tertiary/aromatic N) is 3. The van der Waals surface area contributed by atoms with E-state index in [4.69, 9.17) is 4.74 Å². The normalized spacial score (nSPS) is 20.6. The van der Waals surface area contributed by atoms with Gasteiger partial charge in [0.25, 0.3) is 0 Å². The van der Waals surface area contributed by atoms with E-state index in [2.05, 4.69) is 15.4 Å². The summed E-state index contributed by atoms with van der Waals surface area (Å²) in [6.45, 7) is 8.52. The first-order valence-corrected chi connectivity index (χ1v) is 8.08. The average Bonchev–Trinajstić information content (AvgIpc) is 3.08. The Labute approximate surface area is 140 Å². The Morgan fingerprint density at radius 3 is 2.88 bits per heavy atom. The molecule has 0 aromatic carbocycles. The van der Waals surface area contributed by atoms with Gasteiger partial charge in [0, 0.05) is 30.1 Å². The summed E-state index contributed by atoms with van der Waals surface area (Å²) in [5, 5.41) is 7.79. The highest BCUT2D eigenvalue weighted by atomic mass is 16.5. The lowest BCUT2D eigenvalue weighted by atomic mass is 9.91. The minimum Gasteiger partial charge on any atom is -0.461 e. The molecule has 3 rings (SSSR count). The van der Waals surface area contributed by atoms with Gasteiger partial charge in [-0.05, 0) is 26.8 Å². The molecule has 1 saturated heterocycles. The van der Waals surface area contributed by atoms with Crippen LogP contribution in [-0.4, -0.2) is 39.8 Å². The Kier molecular flexibility index (Phi) is 4.03. The van der Waals surface area contributed by atoms with Gasteiger partial charge in [-0.1, -0.05) is 6.92 Å². The number of amides is 1. The quantitative estimate of drug-likeness (QED) is 0.867. The smallest absolute Gasteiger partial charge is 0.339 e. The lowest BCUT2D eigenvalue weighted by Gasteiger charge is -2.20. The molecule has 1 aliphatic rings. The fourth-order valence-electron chi connectivity index (χ4n) is 2.93. The number of hydrogen-bond donors (Lipinski definition) is 1. The Morgan fingerprint density at radius 1 is 1.50 bits per heavy atom. The number of pyridine rings is 1. The molecule has 0 saturated carbocycles. The minimum absolute atomic E-state index is 0.00564. The third-order valence-corrected chi connectivity index (χ3v) is 4.26. The predicted octanol–water partition coefficient (Wildman–Crippen LogP) is 2.00. The van der Waals surface area contributed by atoms with Crippen LogP contribution >= 0.6 is 0 Å². The summed E-state index contributed by atoms with van der Waals surface area (Å²) in [4.78, 5) is 28.5. The van der Waals surface area contributed by atoms with Crippen molar-refractivity contribution in [2.24, 2.45) is 5.41 Å². The second kappa shape index (κ2) is 5.89. The van der Waals surface area contributed by atoms with Crippen LogP contribution in [0.25, 0.3) is 11.0 Å². The van der Waals surface area contributed by atoms with E-state index in [-0.39, 0.29) is 24.0 Å². The number of carbonyl (C=O) groups is 2. The summed E-state index contributed by atoms with van der Waals surface area (Å²) >= 11 is 0. The average molecular weight is 330 g/mol. The second-order valence-electron chi connectivity index (χ2n) is 7.07. The first kappa shape index (κ1) is 16.4. The number of aromatic nitrogens is 3. The maximum atomic E-state index is 12.6. The summed E-state index contributed by atoms with van der Waals surface area (Å²) in [6, 6.07) is 1.87. The van der Waals surface area contributed by atoms with Crippen LogP contribution in [0.1, 0.15) is 49.3 Å². The zero-order chi connectivity index (χ0) is 17.5. The van der Waals surface area contributed by atoms with Gasteiger partial charge < -0.3 is 10.1 Å². The Morgan fingerprint density at radius 2 is 2.25 bits per heavy atom. The topological polar surface area (TPSA) is 86.1 Å². The summed E-state index contributed by atoms with van der Waals surface area (Å²) in [5.41, 5.74) is 1.53. The van der Waals surface area contributed by atoms with E-state index in [9.17, 15) is 9.59 Å². The molecular formula is C17H22N4O3. The van der Waals surface area contributed by atoms with Crippen LogP contribution < -0.4 is 5.32 Å². The van der Waals surface area contributed by atoms with Crippen LogP contribution in [0.4, 0.5) is 0 Å². The number of nitrogens with one attached hydrogen (secondary N) is 1. The van der Waals surface area contributed by atoms with Gasteiger partial charge in [0.15, 0.2) is 5.65 Å². The lowest BCUT2D eigenvalue weighted by Crippen LogP contribution is -2.27. The molecule has 24 heavy (non-hydrogen) atoms. The first-order valence-electron chi connectivity index (χ1n) is 8.08. The van der Waals surface area contributed by atoms with Gasteiger partial charge in [-0.25, -0.2) is 14.5 Å². The molecule has 0 aliphatic carbocycles. The molecule has 1 fully saturated rings. The molecule has 1 unspecified atom stereocenters. The summed E-state index contributed by atoms with van der Waals surface area (Å²) in [7, 11) is 0. The third-order valence-electron chi connectivity index (χ3n) is 4.26. The minimum atomic E-state index is -0.408. The molecule has 7 heteroatoms. The number of ether oxygens (including phenoxy) is 1. The number of fused-ring (bicyclic) bond motifs is 1. The largest absolute Gasteiger partial charge is 0.461 e. The van der Waals surface area contributed by atoms with E-state index in [1.165, 1.54) is 0 Å². The Hall–Kier alpha value is -2.44. The first-order chi connectivity index (χ1) is 11.3. The van der Waals surface area contributed by atoms with Crippen molar-refractivity contribution in [3.8, 4) is 0 Å². The van der Waals surface area contributed by atoms with E-state index >= 15 is 0 Å². The number of esters is 1. The molecule has 3 heterocycles. The molecule has 1 N–H and O–H groups in total. The fourth-order valence-corrected chi connectivity index (χ4v) is 2.93. The molecule has 128 valence electrons. The zero-order valence-corrected chi connectivity index (χ0v) is 14.4. The van der Waals surface area contributed by atoms with Gasteiger partial charge in [0.05, 0.1) is 23.8 Å². The monoisotopic (exact) mass is 330 g/mol. The molecule has 0 spiro atoms. The van der Waals surface area contributed by atoms with Crippen molar-refractivity contribution in [2.45, 2.75) is 40.2 Å². The fraction of sp³-hybridized carbons (Fsp3) is 0.529. The lowest BCUT2D eigenvalue weighted by molar-refractivity contribution is -0.119. The van der Waals surface area contributed by atoms with E-state index < -0.39 is 5.97 Å². The predicted molar refractivity (Wildman–Crippen MR) is 88.7 cm³/mol. The Bertz CT molecular complexity index is 812. The van der Waals surface area contributed by atoms with E-state index in [0.717, 1.165) is 5.69 Å². The van der Waals surface area contributed by atoms with Crippen LogP contribution in [-0.2, 0) is 9.53 Å². The van der Waals surface area contributed by atoms with Crippen LogP contribution in [0.3, 0.4) is 0 Å². The van der Waals surface area contributed by atoms with Gasteiger partial charge in [0.1, 0.15) is 0 Å². The second-order valence-corrected chi connectivity index (χ2v) is 7.07. The number of rotatable bonds is 4. The van der Waals surface area contributed by atoms with Gasteiger partial charge in [-0.3, -0.25) is 4.79 Å². The molecule has 2 aromatic rings. The standard InChI is InChI=1S/C17H22N4O3/c1-10(2)21-15-13(7-19-21)12(5-11(3)20-15)16(23)24-9-17(4)6-14(22)18-8-17/h5,7,10H,6,8-9H2,1-4H3,(H,18,22). The van der Waals surface area contributed by atoms with Gasteiger partial charge in [-0.15, -0.1) is 0 Å². The molecular weight excluding hydrogens is 308 g/mol. The van der Waals surface area contributed by atoms with Crippen molar-refractivity contribution in [1.29, 1.82) is 0 Å². The SMILES string of the molecule is Cc1cc(C(=O)OCC2(C)CNC(=O)C2)c2cnn(C(C)C)c2n1. The van der Waals surface area contributed by atoms with Crippen LogP contribution in [0.2, 0.25) is 0 Å². The van der Waals surface area contributed by atoms with E-state index in [0.29, 0.717) is 29.6 Å². The highest BCUT2D eigenvalue weighted by Gasteiger charge is 2.35.